The highest BCUT2D eigenvalue weighted by Crippen LogP contribution is 2.35. The smallest absolute Gasteiger partial charge is 0.0965 e. The van der Waals surface area contributed by atoms with Crippen LogP contribution in [-0.4, -0.2) is 29.2 Å². The summed E-state index contributed by atoms with van der Waals surface area (Å²) in [5, 5.41) is 11.0. The average Bonchev–Trinajstić information content (AvgIpc) is 2.37. The molecule has 0 amide bonds. The number of nitrogens with zero attached hydrogens (tertiary/aromatic N) is 1. The van der Waals surface area contributed by atoms with Gasteiger partial charge in [0, 0.05) is 23.8 Å². The second-order valence-electron chi connectivity index (χ2n) is 4.89. The van der Waals surface area contributed by atoms with Gasteiger partial charge in [0.2, 0.25) is 0 Å². The molecule has 2 nitrogen and oxygen atoms in total. The molecule has 0 spiro atoms. The lowest BCUT2D eigenvalue weighted by molar-refractivity contribution is 0.0215. The van der Waals surface area contributed by atoms with Crippen molar-refractivity contribution < 1.29 is 5.11 Å². The van der Waals surface area contributed by atoms with E-state index in [0.717, 1.165) is 42.2 Å². The van der Waals surface area contributed by atoms with E-state index in [1.165, 1.54) is 0 Å². The zero-order valence-electron chi connectivity index (χ0n) is 9.64. The molecule has 3 fully saturated rings. The summed E-state index contributed by atoms with van der Waals surface area (Å²) in [6.45, 7) is 2.17. The van der Waals surface area contributed by atoms with Crippen molar-refractivity contribution in [3.63, 3.8) is 0 Å². The van der Waals surface area contributed by atoms with Gasteiger partial charge in [0.15, 0.2) is 0 Å². The molecule has 3 aliphatic rings. The summed E-state index contributed by atoms with van der Waals surface area (Å²) in [6.07, 6.45) is 4.05. The normalized spacial score (nSPS) is 30.0. The van der Waals surface area contributed by atoms with Gasteiger partial charge in [-0.05, 0) is 42.5 Å². The summed E-state index contributed by atoms with van der Waals surface area (Å²) in [5.41, 5.74) is 2.19. The van der Waals surface area contributed by atoms with Gasteiger partial charge in [-0.1, -0.05) is 23.7 Å². The molecule has 4 rings (SSSR count). The second kappa shape index (κ2) is 4.35. The van der Waals surface area contributed by atoms with Crippen LogP contribution in [0.5, 0.6) is 0 Å². The summed E-state index contributed by atoms with van der Waals surface area (Å²) in [4.78, 5) is 2.30. The van der Waals surface area contributed by atoms with Crippen molar-refractivity contribution in [3.8, 4) is 0 Å². The van der Waals surface area contributed by atoms with Crippen LogP contribution in [0.3, 0.4) is 0 Å². The largest absolute Gasteiger partial charge is 0.387 e. The number of hydrogen-bond donors (Lipinski definition) is 1. The summed E-state index contributed by atoms with van der Waals surface area (Å²) < 4.78 is 0. The van der Waals surface area contributed by atoms with E-state index < -0.39 is 0 Å². The van der Waals surface area contributed by atoms with E-state index >= 15 is 0 Å². The summed E-state index contributed by atoms with van der Waals surface area (Å²) in [5.74, 6) is 0.457. The fourth-order valence-electron chi connectivity index (χ4n) is 2.81. The number of aliphatic hydroxyl groups is 1. The van der Waals surface area contributed by atoms with Crippen LogP contribution in [0.15, 0.2) is 30.0 Å². The minimum Gasteiger partial charge on any atom is -0.387 e. The second-order valence-corrected chi connectivity index (χ2v) is 5.33. The van der Waals surface area contributed by atoms with E-state index in [1.807, 2.05) is 24.3 Å². The average molecular weight is 250 g/mol. The van der Waals surface area contributed by atoms with Crippen LogP contribution in [0, 0.1) is 5.92 Å². The number of aliphatic hydroxyl groups excluding tert-OH is 1. The van der Waals surface area contributed by atoms with Crippen molar-refractivity contribution >= 4 is 17.7 Å². The molecule has 1 N–H and O–H groups in total. The Morgan fingerprint density at radius 1 is 1.18 bits per heavy atom. The zero-order chi connectivity index (χ0) is 11.8. The van der Waals surface area contributed by atoms with Gasteiger partial charge >= 0.3 is 0 Å². The Labute approximate surface area is 107 Å². The monoisotopic (exact) mass is 249 g/mol. The van der Waals surface area contributed by atoms with E-state index in [9.17, 15) is 5.11 Å². The Morgan fingerprint density at radius 3 is 2.41 bits per heavy atom. The van der Waals surface area contributed by atoms with Gasteiger partial charge < -0.3 is 10.0 Å². The van der Waals surface area contributed by atoms with E-state index in [0.29, 0.717) is 5.92 Å². The number of piperidine rings is 3. The third-order valence-corrected chi connectivity index (χ3v) is 4.09. The molecule has 1 aromatic rings. The Bertz CT molecular complexity index is 428. The lowest BCUT2D eigenvalue weighted by Crippen LogP contribution is -2.48. The molecule has 1 unspecified atom stereocenters. The zero-order valence-corrected chi connectivity index (χ0v) is 10.4. The standard InChI is InChI=1S/C14H16ClNO/c15-12-3-1-10(2-4-12)9-13-14(17)11-5-7-16(13)8-6-11/h1-4,9,11,14,17H,5-8H2/b13-9-. The molecule has 2 bridgehead atoms. The molecule has 3 heterocycles. The van der Waals surface area contributed by atoms with E-state index in [2.05, 4.69) is 11.0 Å². The van der Waals surface area contributed by atoms with Gasteiger partial charge in [0.05, 0.1) is 6.10 Å². The van der Waals surface area contributed by atoms with Gasteiger partial charge in [-0.15, -0.1) is 0 Å². The van der Waals surface area contributed by atoms with Crippen LogP contribution in [0.4, 0.5) is 0 Å². The fourth-order valence-corrected chi connectivity index (χ4v) is 2.93. The van der Waals surface area contributed by atoms with Crippen LogP contribution in [0.1, 0.15) is 18.4 Å². The molecule has 0 saturated carbocycles. The van der Waals surface area contributed by atoms with E-state index in [4.69, 9.17) is 11.6 Å². The lowest BCUT2D eigenvalue weighted by atomic mass is 9.83. The molecule has 0 radical (unpaired) electrons. The first-order chi connectivity index (χ1) is 8.24. The maximum absolute atomic E-state index is 10.2. The minimum absolute atomic E-state index is 0.284. The molecular formula is C14H16ClNO. The first kappa shape index (κ1) is 11.1. The molecule has 17 heavy (non-hydrogen) atoms. The molecule has 3 heteroatoms. The molecule has 90 valence electrons. The molecule has 3 saturated heterocycles. The van der Waals surface area contributed by atoms with Crippen molar-refractivity contribution in [3.05, 3.63) is 40.5 Å². The van der Waals surface area contributed by atoms with Crippen LogP contribution in [0.2, 0.25) is 5.02 Å². The highest BCUT2D eigenvalue weighted by molar-refractivity contribution is 6.30. The SMILES string of the molecule is OC1/C(=C/c2ccc(Cl)cc2)N2CCC1CC2. The Morgan fingerprint density at radius 2 is 1.82 bits per heavy atom. The highest BCUT2D eigenvalue weighted by atomic mass is 35.5. The Kier molecular flexibility index (Phi) is 2.85. The fraction of sp³-hybridized carbons (Fsp3) is 0.429. The van der Waals surface area contributed by atoms with E-state index in [-0.39, 0.29) is 6.10 Å². The summed E-state index contributed by atoms with van der Waals surface area (Å²) >= 11 is 5.87. The lowest BCUT2D eigenvalue weighted by Gasteiger charge is -2.45. The minimum atomic E-state index is -0.284. The Hall–Kier alpha value is -0.990. The van der Waals surface area contributed by atoms with Crippen molar-refractivity contribution in [1.82, 2.24) is 4.90 Å². The molecular weight excluding hydrogens is 234 g/mol. The molecule has 0 aromatic heterocycles. The molecule has 3 aliphatic heterocycles. The quantitative estimate of drug-likeness (QED) is 0.827. The topological polar surface area (TPSA) is 23.5 Å². The van der Waals surface area contributed by atoms with Crippen molar-refractivity contribution in [1.29, 1.82) is 0 Å². The van der Waals surface area contributed by atoms with Crippen molar-refractivity contribution in [2.75, 3.05) is 13.1 Å². The number of hydrogen-bond acceptors (Lipinski definition) is 2. The Balaban J connectivity index is 1.90. The van der Waals surface area contributed by atoms with Crippen LogP contribution >= 0.6 is 11.6 Å². The van der Waals surface area contributed by atoms with Gasteiger partial charge in [-0.2, -0.15) is 0 Å². The number of fused-ring (bicyclic) bond motifs is 3. The van der Waals surface area contributed by atoms with Gasteiger partial charge in [-0.3, -0.25) is 0 Å². The molecule has 0 aliphatic carbocycles. The van der Waals surface area contributed by atoms with Crippen LogP contribution < -0.4 is 0 Å². The molecule has 1 atom stereocenters. The first-order valence-electron chi connectivity index (χ1n) is 6.14. The maximum Gasteiger partial charge on any atom is 0.0965 e. The van der Waals surface area contributed by atoms with Gasteiger partial charge in [0.25, 0.3) is 0 Å². The van der Waals surface area contributed by atoms with Crippen molar-refractivity contribution in [2.24, 2.45) is 5.92 Å². The highest BCUT2D eigenvalue weighted by Gasteiger charge is 2.36. The van der Waals surface area contributed by atoms with Gasteiger partial charge in [-0.25, -0.2) is 0 Å². The summed E-state index contributed by atoms with van der Waals surface area (Å²) in [6, 6.07) is 7.75. The van der Waals surface area contributed by atoms with Crippen LogP contribution in [-0.2, 0) is 0 Å². The van der Waals surface area contributed by atoms with E-state index in [1.54, 1.807) is 0 Å². The number of halogens is 1. The number of rotatable bonds is 1. The third-order valence-electron chi connectivity index (χ3n) is 3.84. The van der Waals surface area contributed by atoms with Gasteiger partial charge in [0.1, 0.15) is 0 Å². The maximum atomic E-state index is 10.2. The summed E-state index contributed by atoms with van der Waals surface area (Å²) in [7, 11) is 0. The predicted molar refractivity (Wildman–Crippen MR) is 69.7 cm³/mol. The van der Waals surface area contributed by atoms with Crippen LogP contribution in [0.25, 0.3) is 6.08 Å². The first-order valence-corrected chi connectivity index (χ1v) is 6.52. The van der Waals surface area contributed by atoms with Crippen molar-refractivity contribution in [2.45, 2.75) is 18.9 Å². The molecule has 1 aromatic carbocycles. The third kappa shape index (κ3) is 2.07. The number of benzene rings is 1. The predicted octanol–water partition coefficient (Wildman–Crippen LogP) is 2.77.